The Kier molecular flexibility index (Phi) is 5.40. The first-order valence-electron chi connectivity index (χ1n) is 10.3. The summed E-state index contributed by atoms with van der Waals surface area (Å²) in [6, 6.07) is 18.1. The molecule has 0 unspecified atom stereocenters. The standard InChI is InChI=1S/C24H29NO3/c1-28-21-11-9-19(10-12-21)24(13-5-6-14-24)23(27)25-22(18-15-20(26)16-18)17-7-3-2-4-8-17/h2-4,7-12,18,20,22,26H,5-6,13-16H2,1H3,(H,25,27)/t18?,20?,22-/m0/s1. The number of hydrogen-bond donors (Lipinski definition) is 2. The average Bonchev–Trinajstić information content (AvgIpc) is 3.22. The number of carbonyl (C=O) groups excluding carboxylic acids is 1. The Labute approximate surface area is 166 Å². The van der Waals surface area contributed by atoms with Crippen LogP contribution in [0.5, 0.6) is 5.75 Å². The summed E-state index contributed by atoms with van der Waals surface area (Å²) in [5, 5.41) is 13.2. The van der Waals surface area contributed by atoms with Gasteiger partial charge in [0.2, 0.25) is 5.91 Å². The first kappa shape index (κ1) is 19.0. The SMILES string of the molecule is COc1ccc(C2(C(=O)N[C@@H](c3ccccc3)C3CC(O)C3)CCCC2)cc1. The second kappa shape index (κ2) is 7.96. The lowest BCUT2D eigenvalue weighted by Gasteiger charge is -2.40. The molecule has 2 N–H and O–H groups in total. The van der Waals surface area contributed by atoms with Crippen LogP contribution < -0.4 is 10.1 Å². The maximum atomic E-state index is 13.6. The molecule has 2 fully saturated rings. The van der Waals surface area contributed by atoms with E-state index in [1.807, 2.05) is 42.5 Å². The summed E-state index contributed by atoms with van der Waals surface area (Å²) < 4.78 is 5.29. The van der Waals surface area contributed by atoms with E-state index in [9.17, 15) is 9.90 Å². The molecule has 4 rings (SSSR count). The summed E-state index contributed by atoms with van der Waals surface area (Å²) in [6.07, 6.45) is 5.13. The van der Waals surface area contributed by atoms with Gasteiger partial charge < -0.3 is 15.2 Å². The summed E-state index contributed by atoms with van der Waals surface area (Å²) in [6.45, 7) is 0. The Morgan fingerprint density at radius 1 is 1.07 bits per heavy atom. The van der Waals surface area contributed by atoms with Crippen LogP contribution in [0.25, 0.3) is 0 Å². The lowest BCUT2D eigenvalue weighted by Crippen LogP contribution is -2.48. The quantitative estimate of drug-likeness (QED) is 0.793. The molecule has 4 heteroatoms. The lowest BCUT2D eigenvalue weighted by molar-refractivity contribution is -0.128. The fourth-order valence-electron chi connectivity index (χ4n) is 4.85. The number of nitrogens with one attached hydrogen (secondary N) is 1. The minimum Gasteiger partial charge on any atom is -0.497 e. The second-order valence-corrected chi connectivity index (χ2v) is 8.26. The van der Waals surface area contributed by atoms with Crippen LogP contribution in [-0.2, 0) is 10.2 Å². The molecule has 4 nitrogen and oxygen atoms in total. The highest BCUT2D eigenvalue weighted by Gasteiger charge is 2.45. The smallest absolute Gasteiger partial charge is 0.231 e. The zero-order valence-electron chi connectivity index (χ0n) is 16.4. The van der Waals surface area contributed by atoms with E-state index < -0.39 is 5.41 Å². The summed E-state index contributed by atoms with van der Waals surface area (Å²) in [7, 11) is 1.66. The molecule has 2 aromatic carbocycles. The van der Waals surface area contributed by atoms with Crippen molar-refractivity contribution >= 4 is 5.91 Å². The van der Waals surface area contributed by atoms with Gasteiger partial charge in [-0.2, -0.15) is 0 Å². The van der Waals surface area contributed by atoms with Crippen molar-refractivity contribution in [2.45, 2.75) is 56.1 Å². The minimum absolute atomic E-state index is 0.0483. The van der Waals surface area contributed by atoms with Crippen LogP contribution >= 0.6 is 0 Å². The fourth-order valence-corrected chi connectivity index (χ4v) is 4.85. The fraction of sp³-hybridized carbons (Fsp3) is 0.458. The predicted octanol–water partition coefficient (Wildman–Crippen LogP) is 4.14. The molecule has 0 spiro atoms. The molecule has 2 aliphatic carbocycles. The molecule has 1 amide bonds. The number of amides is 1. The van der Waals surface area contributed by atoms with Crippen molar-refractivity contribution in [2.24, 2.45) is 5.92 Å². The maximum absolute atomic E-state index is 13.6. The van der Waals surface area contributed by atoms with Crippen LogP contribution in [-0.4, -0.2) is 24.2 Å². The van der Waals surface area contributed by atoms with Gasteiger partial charge in [-0.1, -0.05) is 55.3 Å². The van der Waals surface area contributed by atoms with Crippen molar-refractivity contribution in [3.63, 3.8) is 0 Å². The van der Waals surface area contributed by atoms with Crippen LogP contribution in [0.2, 0.25) is 0 Å². The van der Waals surface area contributed by atoms with Crippen LogP contribution in [0.3, 0.4) is 0 Å². The van der Waals surface area contributed by atoms with Crippen LogP contribution in [0.1, 0.15) is 55.7 Å². The summed E-state index contributed by atoms with van der Waals surface area (Å²) >= 11 is 0. The number of benzene rings is 2. The van der Waals surface area contributed by atoms with E-state index in [4.69, 9.17) is 4.74 Å². The third-order valence-corrected chi connectivity index (χ3v) is 6.60. The molecular weight excluding hydrogens is 350 g/mol. The highest BCUT2D eigenvalue weighted by molar-refractivity contribution is 5.89. The molecular formula is C24H29NO3. The summed E-state index contributed by atoms with van der Waals surface area (Å²) in [5.74, 6) is 1.21. The number of carbonyl (C=O) groups is 1. The topological polar surface area (TPSA) is 58.6 Å². The van der Waals surface area contributed by atoms with Crippen molar-refractivity contribution in [3.8, 4) is 5.75 Å². The maximum Gasteiger partial charge on any atom is 0.231 e. The van der Waals surface area contributed by atoms with Gasteiger partial charge >= 0.3 is 0 Å². The van der Waals surface area contributed by atoms with Crippen molar-refractivity contribution in [1.29, 1.82) is 0 Å². The zero-order chi connectivity index (χ0) is 19.6. The Morgan fingerprint density at radius 3 is 2.29 bits per heavy atom. The zero-order valence-corrected chi connectivity index (χ0v) is 16.4. The van der Waals surface area contributed by atoms with Crippen molar-refractivity contribution in [2.75, 3.05) is 7.11 Å². The van der Waals surface area contributed by atoms with E-state index in [0.29, 0.717) is 0 Å². The molecule has 0 saturated heterocycles. The van der Waals surface area contributed by atoms with E-state index in [0.717, 1.165) is 55.4 Å². The first-order chi connectivity index (χ1) is 13.6. The van der Waals surface area contributed by atoms with Gasteiger partial charge in [-0.15, -0.1) is 0 Å². The van der Waals surface area contributed by atoms with Crippen LogP contribution in [0, 0.1) is 5.92 Å². The van der Waals surface area contributed by atoms with Gasteiger partial charge in [0.05, 0.1) is 24.7 Å². The summed E-state index contributed by atoms with van der Waals surface area (Å²) in [5.41, 5.74) is 1.72. The molecule has 148 valence electrons. The van der Waals surface area contributed by atoms with Gasteiger partial charge in [0, 0.05) is 0 Å². The number of aliphatic hydroxyl groups is 1. The molecule has 28 heavy (non-hydrogen) atoms. The molecule has 2 aromatic rings. The Hall–Kier alpha value is -2.33. The van der Waals surface area contributed by atoms with Gasteiger partial charge in [0.1, 0.15) is 5.75 Å². The highest BCUT2D eigenvalue weighted by Crippen LogP contribution is 2.44. The van der Waals surface area contributed by atoms with E-state index >= 15 is 0 Å². The molecule has 2 aliphatic rings. The number of methoxy groups -OCH3 is 1. The van der Waals surface area contributed by atoms with Gasteiger partial charge in [0.15, 0.2) is 0 Å². The number of ether oxygens (including phenoxy) is 1. The molecule has 0 bridgehead atoms. The minimum atomic E-state index is -0.471. The average molecular weight is 380 g/mol. The number of aliphatic hydroxyl groups excluding tert-OH is 1. The molecule has 1 atom stereocenters. The van der Waals surface area contributed by atoms with E-state index in [1.165, 1.54) is 0 Å². The van der Waals surface area contributed by atoms with Crippen molar-refractivity contribution < 1.29 is 14.6 Å². The lowest BCUT2D eigenvalue weighted by atomic mass is 9.73. The Balaban J connectivity index is 1.60. The van der Waals surface area contributed by atoms with Gasteiger partial charge in [-0.3, -0.25) is 4.79 Å². The van der Waals surface area contributed by atoms with E-state index in [1.54, 1.807) is 7.11 Å². The van der Waals surface area contributed by atoms with Crippen molar-refractivity contribution in [3.05, 3.63) is 65.7 Å². The largest absolute Gasteiger partial charge is 0.497 e. The Morgan fingerprint density at radius 2 is 1.71 bits per heavy atom. The summed E-state index contributed by atoms with van der Waals surface area (Å²) in [4.78, 5) is 13.6. The predicted molar refractivity (Wildman–Crippen MR) is 109 cm³/mol. The van der Waals surface area contributed by atoms with Crippen LogP contribution in [0.4, 0.5) is 0 Å². The molecule has 0 aromatic heterocycles. The molecule has 0 heterocycles. The van der Waals surface area contributed by atoms with Gasteiger partial charge in [-0.05, 0) is 54.9 Å². The second-order valence-electron chi connectivity index (χ2n) is 8.26. The number of hydrogen-bond acceptors (Lipinski definition) is 3. The first-order valence-corrected chi connectivity index (χ1v) is 10.3. The third kappa shape index (κ3) is 3.53. The normalized spacial score (nSPS) is 24.2. The van der Waals surface area contributed by atoms with E-state index in [-0.39, 0.29) is 24.0 Å². The van der Waals surface area contributed by atoms with Gasteiger partial charge in [0.25, 0.3) is 0 Å². The van der Waals surface area contributed by atoms with E-state index in [2.05, 4.69) is 17.4 Å². The third-order valence-electron chi connectivity index (χ3n) is 6.60. The van der Waals surface area contributed by atoms with Crippen LogP contribution in [0.15, 0.2) is 54.6 Å². The molecule has 2 saturated carbocycles. The van der Waals surface area contributed by atoms with Gasteiger partial charge in [-0.25, -0.2) is 0 Å². The highest BCUT2D eigenvalue weighted by atomic mass is 16.5. The molecule has 0 aliphatic heterocycles. The van der Waals surface area contributed by atoms with Crippen molar-refractivity contribution in [1.82, 2.24) is 5.32 Å². The monoisotopic (exact) mass is 379 g/mol. The Bertz CT molecular complexity index is 790. The number of rotatable bonds is 6. The molecule has 0 radical (unpaired) electrons.